The smallest absolute Gasteiger partial charge is 0.0351 e. The van der Waals surface area contributed by atoms with Gasteiger partial charge in [-0.2, -0.15) is 0 Å². The molecule has 0 aromatic carbocycles. The molecular formula is C12H26N2VW-4. The summed E-state index contributed by atoms with van der Waals surface area (Å²) in [4.78, 5) is 4.56. The summed E-state index contributed by atoms with van der Waals surface area (Å²) in [5.41, 5.74) is 1.21. The topological polar surface area (TPSA) is 6.48 Å². The molecule has 1 aliphatic rings. The Morgan fingerprint density at radius 3 is 2.19 bits per heavy atom. The molecule has 1 radical (unpaired) electrons. The van der Waals surface area contributed by atoms with Gasteiger partial charge in [-0.3, -0.25) is 0 Å². The maximum absolute atomic E-state index is 4.01. The van der Waals surface area contributed by atoms with Crippen molar-refractivity contribution in [2.75, 3.05) is 33.2 Å². The zero-order chi connectivity index (χ0) is 8.27. The van der Waals surface area contributed by atoms with Gasteiger partial charge in [0.2, 0.25) is 0 Å². The van der Waals surface area contributed by atoms with Crippen molar-refractivity contribution >= 4 is 0 Å². The molecule has 0 saturated carbocycles. The van der Waals surface area contributed by atoms with E-state index in [1.54, 1.807) is 0 Å². The second-order valence-corrected chi connectivity index (χ2v) is 3.12. The van der Waals surface area contributed by atoms with Crippen LogP contribution in [-0.2, 0) is 39.6 Å². The van der Waals surface area contributed by atoms with Crippen molar-refractivity contribution in [3.8, 4) is 0 Å². The van der Waals surface area contributed by atoms with Crippen LogP contribution in [0.3, 0.4) is 0 Å². The van der Waals surface area contributed by atoms with E-state index in [0.717, 1.165) is 26.2 Å². The first-order chi connectivity index (χ1) is 5.24. The van der Waals surface area contributed by atoms with Crippen LogP contribution in [0.25, 0.3) is 0 Å². The van der Waals surface area contributed by atoms with Gasteiger partial charge in [-0.05, 0) is 13.0 Å². The monoisotopic (exact) mass is 433 g/mol. The summed E-state index contributed by atoms with van der Waals surface area (Å²) in [6.07, 6.45) is 1.23. The van der Waals surface area contributed by atoms with Crippen LogP contribution in [0.1, 0.15) is 6.42 Å². The van der Waals surface area contributed by atoms with Crippen LogP contribution in [0.4, 0.5) is 0 Å². The van der Waals surface area contributed by atoms with Crippen LogP contribution in [0.5, 0.6) is 0 Å². The van der Waals surface area contributed by atoms with Crippen molar-refractivity contribution in [1.82, 2.24) is 9.80 Å². The third-order valence-corrected chi connectivity index (χ3v) is 2.23. The molecule has 0 bridgehead atoms. The van der Waals surface area contributed by atoms with Crippen molar-refractivity contribution in [3.05, 3.63) is 41.5 Å². The van der Waals surface area contributed by atoms with E-state index in [1.807, 2.05) is 0 Å². The van der Waals surface area contributed by atoms with Crippen molar-refractivity contribution in [2.45, 2.75) is 6.42 Å². The number of nitrogens with zero attached hydrogens (tertiary/aromatic N) is 2. The predicted molar refractivity (Wildman–Crippen MR) is 67.4 cm³/mol. The van der Waals surface area contributed by atoms with Crippen LogP contribution >= 0.6 is 0 Å². The molecule has 0 spiro atoms. The van der Waals surface area contributed by atoms with Crippen LogP contribution in [-0.4, -0.2) is 43.0 Å². The summed E-state index contributed by atoms with van der Waals surface area (Å²) in [5.74, 6) is 0. The van der Waals surface area contributed by atoms with Crippen molar-refractivity contribution in [3.63, 3.8) is 0 Å². The molecule has 1 fully saturated rings. The maximum atomic E-state index is 4.01. The Hall–Kier alpha value is 0.773. The average Bonchev–Trinajstić information content (AvgIpc) is 2.15. The largest absolute Gasteiger partial charge is 0.377 e. The SMILES string of the molecule is C=C1CN(C[CH2-])CCCN1C.[CH3-].[CH3-].[CH3-].[V].[W]. The molecule has 2 nitrogen and oxygen atoms in total. The van der Waals surface area contributed by atoms with Crippen molar-refractivity contribution in [2.24, 2.45) is 0 Å². The van der Waals surface area contributed by atoms with Gasteiger partial charge in [0.25, 0.3) is 0 Å². The second-order valence-electron chi connectivity index (χ2n) is 3.12. The molecule has 0 atom stereocenters. The van der Waals surface area contributed by atoms with Crippen LogP contribution < -0.4 is 0 Å². The standard InChI is InChI=1S/C9H17N2.3CH3.V.W/c1-4-11-7-5-6-10(3)9(2)8-11;;;;;/h1-2,4-8H2,3H3;3*1H3;;/q4*-1;;. The number of hydrogen-bond donors (Lipinski definition) is 0. The fourth-order valence-corrected chi connectivity index (χ4v) is 1.34. The Kier molecular flexibility index (Phi) is 29.7. The Bertz CT molecular complexity index is 154. The van der Waals surface area contributed by atoms with Gasteiger partial charge in [0, 0.05) is 65.5 Å². The van der Waals surface area contributed by atoms with E-state index < -0.39 is 0 Å². The summed E-state index contributed by atoms with van der Waals surface area (Å²) in [7, 11) is 2.11. The van der Waals surface area contributed by atoms with E-state index >= 15 is 0 Å². The van der Waals surface area contributed by atoms with E-state index in [1.165, 1.54) is 12.1 Å². The summed E-state index contributed by atoms with van der Waals surface area (Å²) in [6, 6.07) is 0. The van der Waals surface area contributed by atoms with E-state index in [-0.39, 0.29) is 61.9 Å². The Morgan fingerprint density at radius 2 is 1.75 bits per heavy atom. The summed E-state index contributed by atoms with van der Waals surface area (Å²) < 4.78 is 0. The van der Waals surface area contributed by atoms with Gasteiger partial charge in [-0.25, -0.2) is 0 Å². The van der Waals surface area contributed by atoms with Gasteiger partial charge in [0.15, 0.2) is 0 Å². The summed E-state index contributed by atoms with van der Waals surface area (Å²) in [5, 5.41) is 0. The average molecular weight is 433 g/mol. The maximum Gasteiger partial charge on any atom is 0.0351 e. The minimum absolute atomic E-state index is 0. The summed E-state index contributed by atoms with van der Waals surface area (Å²) in [6.45, 7) is 12.1. The molecule has 0 N–H and O–H groups in total. The number of hydrogen-bond acceptors (Lipinski definition) is 2. The Balaban J connectivity index is -0.0000000807. The molecule has 16 heavy (non-hydrogen) atoms. The van der Waals surface area contributed by atoms with Crippen molar-refractivity contribution < 1.29 is 39.6 Å². The summed E-state index contributed by atoms with van der Waals surface area (Å²) >= 11 is 0. The Labute approximate surface area is 130 Å². The molecular weight excluding hydrogens is 407 g/mol. The molecule has 1 heterocycles. The molecule has 0 amide bonds. The molecule has 99 valence electrons. The van der Waals surface area contributed by atoms with Gasteiger partial charge in [0.05, 0.1) is 0 Å². The van der Waals surface area contributed by atoms with Gasteiger partial charge in [-0.1, -0.05) is 6.58 Å². The third-order valence-electron chi connectivity index (χ3n) is 2.23. The van der Waals surface area contributed by atoms with Gasteiger partial charge >= 0.3 is 0 Å². The zero-order valence-corrected chi connectivity index (χ0v) is 15.5. The van der Waals surface area contributed by atoms with E-state index in [9.17, 15) is 0 Å². The second kappa shape index (κ2) is 15.8. The van der Waals surface area contributed by atoms with Crippen LogP contribution in [0, 0.1) is 29.2 Å². The minimum atomic E-state index is 0. The molecule has 0 aliphatic carbocycles. The first-order valence-electron chi connectivity index (χ1n) is 4.14. The van der Waals surface area contributed by atoms with Gasteiger partial charge < -0.3 is 39.0 Å². The predicted octanol–water partition coefficient (Wildman–Crippen LogP) is 2.32. The first kappa shape index (κ1) is 30.1. The van der Waals surface area contributed by atoms with Gasteiger partial charge in [0.1, 0.15) is 0 Å². The minimum Gasteiger partial charge on any atom is -0.377 e. The quantitative estimate of drug-likeness (QED) is 0.586. The first-order valence-corrected chi connectivity index (χ1v) is 4.14. The fourth-order valence-electron chi connectivity index (χ4n) is 1.34. The third kappa shape index (κ3) is 9.96. The van der Waals surface area contributed by atoms with Crippen LogP contribution in [0.15, 0.2) is 12.3 Å². The van der Waals surface area contributed by atoms with E-state index in [2.05, 4.69) is 30.4 Å². The van der Waals surface area contributed by atoms with E-state index in [0.29, 0.717) is 0 Å². The Morgan fingerprint density at radius 1 is 1.25 bits per heavy atom. The fraction of sp³-hybridized carbons (Fsp3) is 0.500. The normalized spacial score (nSPS) is 15.1. The molecule has 1 rings (SSSR count). The molecule has 0 unspecified atom stereocenters. The molecule has 1 saturated heterocycles. The van der Waals surface area contributed by atoms with E-state index in [4.69, 9.17) is 0 Å². The molecule has 0 aromatic heterocycles. The molecule has 0 aromatic rings. The zero-order valence-electron chi connectivity index (χ0n) is 11.2. The number of likely N-dealkylation sites (N-methyl/N-ethyl adjacent to an activating group) is 1. The van der Waals surface area contributed by atoms with Crippen molar-refractivity contribution in [1.29, 1.82) is 0 Å². The molecule has 4 heteroatoms. The van der Waals surface area contributed by atoms with Crippen LogP contribution in [0.2, 0.25) is 0 Å². The van der Waals surface area contributed by atoms with Gasteiger partial charge in [-0.15, -0.1) is 6.54 Å². The number of rotatable bonds is 1. The molecule has 1 aliphatic heterocycles.